The first-order valence-electron chi connectivity index (χ1n) is 11.0. The Bertz CT molecular complexity index is 963. The molecule has 1 saturated carbocycles. The number of ether oxygens (including phenoxy) is 1. The maximum absolute atomic E-state index is 13.7. The van der Waals surface area contributed by atoms with Gasteiger partial charge in [0.1, 0.15) is 0 Å². The Labute approximate surface area is 185 Å². The minimum Gasteiger partial charge on any atom is -0.494 e. The van der Waals surface area contributed by atoms with Gasteiger partial charge in [-0.2, -0.15) is 0 Å². The molecule has 2 aromatic rings. The van der Waals surface area contributed by atoms with Gasteiger partial charge in [-0.25, -0.2) is 17.9 Å². The maximum Gasteiger partial charge on any atom is 0.209 e. The Balaban J connectivity index is 1.49. The fourth-order valence-electron chi connectivity index (χ4n) is 4.65. The van der Waals surface area contributed by atoms with E-state index in [1.54, 1.807) is 0 Å². The zero-order valence-corrected chi connectivity index (χ0v) is 19.2. The highest BCUT2D eigenvalue weighted by molar-refractivity contribution is 7.89. The number of unbranched alkanes of at least 4 members (excludes halogenated alkanes) is 1. The summed E-state index contributed by atoms with van der Waals surface area (Å²) in [5.74, 6) is 1.55. The fourth-order valence-corrected chi connectivity index (χ4v) is 5.25. The van der Waals surface area contributed by atoms with Crippen LogP contribution in [0.3, 0.4) is 0 Å². The largest absolute Gasteiger partial charge is 0.494 e. The van der Waals surface area contributed by atoms with Gasteiger partial charge in [-0.05, 0) is 92.0 Å². The van der Waals surface area contributed by atoms with Gasteiger partial charge in [-0.1, -0.05) is 19.1 Å². The molecule has 1 aromatic carbocycles. The molecule has 0 radical (unpaired) electrons. The van der Waals surface area contributed by atoms with Crippen LogP contribution in [0.2, 0.25) is 0 Å². The van der Waals surface area contributed by atoms with Crippen molar-refractivity contribution >= 4 is 10.0 Å². The van der Waals surface area contributed by atoms with E-state index in [1.165, 1.54) is 31.6 Å². The summed E-state index contributed by atoms with van der Waals surface area (Å²) in [4.78, 5) is 4.59. The number of nitrogens with zero attached hydrogens (tertiary/aromatic N) is 1. The van der Waals surface area contributed by atoms with E-state index in [4.69, 9.17) is 9.88 Å². The van der Waals surface area contributed by atoms with Crippen molar-refractivity contribution in [2.75, 3.05) is 12.9 Å². The molecule has 1 aliphatic carbocycles. The minimum atomic E-state index is -3.38. The lowest BCUT2D eigenvalue weighted by atomic mass is 9.88. The molecule has 1 aliphatic rings. The van der Waals surface area contributed by atoms with Gasteiger partial charge in [0, 0.05) is 11.9 Å². The van der Waals surface area contributed by atoms with E-state index < -0.39 is 10.0 Å². The molecule has 0 saturated heterocycles. The number of benzene rings is 1. The average molecular weight is 449 g/mol. The third-order valence-corrected chi connectivity index (χ3v) is 7.26. The molecule has 0 unspecified atom stereocenters. The van der Waals surface area contributed by atoms with Crippen molar-refractivity contribution in [3.8, 4) is 5.75 Å². The number of methoxy groups -OCH3 is 1. The maximum atomic E-state index is 13.7. The Hall–Kier alpha value is -1.99. The highest BCUT2D eigenvalue weighted by Gasteiger charge is 2.27. The molecule has 5 nitrogen and oxygen atoms in total. The third kappa shape index (κ3) is 7.01. The summed E-state index contributed by atoms with van der Waals surface area (Å²) < 4.78 is 40.8. The predicted molar refractivity (Wildman–Crippen MR) is 121 cm³/mol. The second-order valence-corrected chi connectivity index (χ2v) is 10.5. The summed E-state index contributed by atoms with van der Waals surface area (Å²) in [5, 5.41) is 5.03. The number of sulfonamides is 1. The highest BCUT2D eigenvalue weighted by Crippen LogP contribution is 2.42. The first-order valence-corrected chi connectivity index (χ1v) is 12.8. The highest BCUT2D eigenvalue weighted by atomic mass is 32.2. The molecule has 0 aliphatic heterocycles. The Morgan fingerprint density at radius 2 is 2.03 bits per heavy atom. The molecule has 0 amide bonds. The molecule has 1 fully saturated rings. The molecule has 1 aromatic heterocycles. The van der Waals surface area contributed by atoms with Gasteiger partial charge in [0.05, 0.1) is 12.9 Å². The van der Waals surface area contributed by atoms with Crippen LogP contribution in [0.25, 0.3) is 0 Å². The third-order valence-electron chi connectivity index (χ3n) is 6.40. The Morgan fingerprint density at radius 3 is 2.71 bits per heavy atom. The fraction of sp³-hybridized carbons (Fsp3) is 0.542. The van der Waals surface area contributed by atoms with E-state index in [9.17, 15) is 12.8 Å². The molecule has 2 N–H and O–H groups in total. The van der Waals surface area contributed by atoms with Gasteiger partial charge in [0.25, 0.3) is 0 Å². The van der Waals surface area contributed by atoms with E-state index in [1.807, 2.05) is 18.3 Å². The number of rotatable bonds is 10. The molecule has 170 valence electrons. The Morgan fingerprint density at radius 1 is 1.23 bits per heavy atom. The topological polar surface area (TPSA) is 82.3 Å². The lowest BCUT2D eigenvalue weighted by molar-refractivity contribution is 0.384. The summed E-state index contributed by atoms with van der Waals surface area (Å²) >= 11 is 0. The molecule has 3 atom stereocenters. The monoisotopic (exact) mass is 448 g/mol. The van der Waals surface area contributed by atoms with Crippen LogP contribution in [0.5, 0.6) is 5.75 Å². The summed E-state index contributed by atoms with van der Waals surface area (Å²) in [6.07, 6.45) is 8.67. The van der Waals surface area contributed by atoms with E-state index in [-0.39, 0.29) is 11.6 Å². The number of aryl methyl sites for hydroxylation is 1. The molecular formula is C24H33FN2O3S. The number of primary sulfonamides is 1. The lowest BCUT2D eigenvalue weighted by Crippen LogP contribution is -2.16. The summed E-state index contributed by atoms with van der Waals surface area (Å²) in [6, 6.07) is 9.40. The van der Waals surface area contributed by atoms with Crippen LogP contribution in [-0.2, 0) is 16.4 Å². The van der Waals surface area contributed by atoms with Crippen molar-refractivity contribution in [1.82, 2.24) is 4.98 Å². The number of hydrogen-bond acceptors (Lipinski definition) is 4. The van der Waals surface area contributed by atoms with Crippen LogP contribution in [0.1, 0.15) is 74.1 Å². The van der Waals surface area contributed by atoms with E-state index in [0.717, 1.165) is 36.9 Å². The number of halogens is 1. The van der Waals surface area contributed by atoms with Crippen LogP contribution < -0.4 is 9.88 Å². The van der Waals surface area contributed by atoms with Crippen molar-refractivity contribution in [3.05, 3.63) is 59.2 Å². The van der Waals surface area contributed by atoms with Crippen LogP contribution in [0.15, 0.2) is 36.5 Å². The number of hydrogen-bond donors (Lipinski definition) is 1. The van der Waals surface area contributed by atoms with Crippen LogP contribution in [-0.4, -0.2) is 26.3 Å². The number of nitrogens with two attached hydrogens (primary N) is 1. The van der Waals surface area contributed by atoms with Crippen molar-refractivity contribution in [3.63, 3.8) is 0 Å². The Kier molecular flexibility index (Phi) is 8.06. The van der Waals surface area contributed by atoms with Crippen LogP contribution in [0.4, 0.5) is 4.39 Å². The molecule has 0 spiro atoms. The van der Waals surface area contributed by atoms with E-state index in [2.05, 4.69) is 24.0 Å². The second kappa shape index (κ2) is 10.6. The first-order chi connectivity index (χ1) is 14.7. The summed E-state index contributed by atoms with van der Waals surface area (Å²) in [5.41, 5.74) is 3.40. The summed E-state index contributed by atoms with van der Waals surface area (Å²) in [7, 11) is -1.88. The second-order valence-electron chi connectivity index (χ2n) is 8.81. The molecule has 31 heavy (non-hydrogen) atoms. The van der Waals surface area contributed by atoms with Crippen LogP contribution in [0, 0.1) is 11.7 Å². The number of aromatic nitrogens is 1. The molecule has 1 heterocycles. The molecular weight excluding hydrogens is 415 g/mol. The SMILES string of the molecule is COc1cc([C@@H](C)C[C@H]2CC[C@@H](c3ccc(CCCCS(N)(=O)=O)nc3)C2)ccc1F. The smallest absolute Gasteiger partial charge is 0.209 e. The normalized spacial score (nSPS) is 20.0. The van der Waals surface area contributed by atoms with Crippen molar-refractivity contribution in [1.29, 1.82) is 0 Å². The zero-order chi connectivity index (χ0) is 22.4. The quantitative estimate of drug-likeness (QED) is 0.523. The van der Waals surface area contributed by atoms with Gasteiger partial charge in [-0.3, -0.25) is 4.98 Å². The van der Waals surface area contributed by atoms with Gasteiger partial charge >= 0.3 is 0 Å². The predicted octanol–water partition coefficient (Wildman–Crippen LogP) is 4.92. The van der Waals surface area contributed by atoms with Crippen molar-refractivity contribution in [2.45, 2.75) is 63.7 Å². The molecule has 3 rings (SSSR count). The number of pyridine rings is 1. The summed E-state index contributed by atoms with van der Waals surface area (Å²) in [6.45, 7) is 2.20. The van der Waals surface area contributed by atoms with E-state index in [0.29, 0.717) is 29.9 Å². The van der Waals surface area contributed by atoms with Crippen LogP contribution >= 0.6 is 0 Å². The minimum absolute atomic E-state index is 0.0255. The van der Waals surface area contributed by atoms with Gasteiger partial charge in [-0.15, -0.1) is 0 Å². The van der Waals surface area contributed by atoms with Gasteiger partial charge < -0.3 is 4.74 Å². The lowest BCUT2D eigenvalue weighted by Gasteiger charge is -2.18. The van der Waals surface area contributed by atoms with Gasteiger partial charge in [0.2, 0.25) is 10.0 Å². The van der Waals surface area contributed by atoms with Crippen molar-refractivity contribution < 1.29 is 17.5 Å². The zero-order valence-electron chi connectivity index (χ0n) is 18.4. The van der Waals surface area contributed by atoms with Gasteiger partial charge in [0.15, 0.2) is 11.6 Å². The van der Waals surface area contributed by atoms with Crippen molar-refractivity contribution in [2.24, 2.45) is 11.1 Å². The molecule has 7 heteroatoms. The molecule has 0 bridgehead atoms. The average Bonchev–Trinajstić information content (AvgIpc) is 3.19. The van der Waals surface area contributed by atoms with E-state index >= 15 is 0 Å². The standard InChI is InChI=1S/C24H33FN2O3S/c1-17(19-9-11-23(25)24(15-19)30-2)13-18-6-7-20(14-18)21-8-10-22(27-16-21)5-3-4-12-31(26,28)29/h8-11,15-18,20H,3-7,12-14H2,1-2H3,(H2,26,28,29)/t17-,18+,20+/m0/s1. The first kappa shape index (κ1) is 23.7.